The minimum atomic E-state index is -3.38. The lowest BCUT2D eigenvalue weighted by molar-refractivity contribution is -0.131. The van der Waals surface area contributed by atoms with Crippen LogP contribution in [0.1, 0.15) is 42.3 Å². The van der Waals surface area contributed by atoms with Gasteiger partial charge in [0.1, 0.15) is 9.96 Å². The summed E-state index contributed by atoms with van der Waals surface area (Å²) < 4.78 is 28.1. The van der Waals surface area contributed by atoms with Crippen molar-refractivity contribution in [2.24, 2.45) is 0 Å². The van der Waals surface area contributed by atoms with Gasteiger partial charge in [0.15, 0.2) is 15.0 Å². The Kier molecular flexibility index (Phi) is 7.46. The van der Waals surface area contributed by atoms with Crippen LogP contribution in [0.25, 0.3) is 0 Å². The molecule has 0 aliphatic heterocycles. The molecule has 1 aromatic heterocycles. The molecule has 0 saturated carbocycles. The van der Waals surface area contributed by atoms with Crippen molar-refractivity contribution < 1.29 is 22.7 Å². The first-order chi connectivity index (χ1) is 12.1. The molecule has 0 saturated heterocycles. The fraction of sp³-hybridized carbons (Fsp3) is 0.353. The van der Waals surface area contributed by atoms with Gasteiger partial charge in [-0.05, 0) is 31.0 Å². The Hall–Kier alpha value is -2.26. The Labute approximate surface area is 157 Å². The first-order valence-corrected chi connectivity index (χ1v) is 10.6. The average molecular weight is 399 g/mol. The van der Waals surface area contributed by atoms with Crippen LogP contribution in [-0.4, -0.2) is 31.5 Å². The zero-order chi connectivity index (χ0) is 20.1. The number of anilines is 1. The van der Waals surface area contributed by atoms with Crippen LogP contribution in [0.2, 0.25) is 0 Å². The molecule has 0 unspecified atom stereocenters. The van der Waals surface area contributed by atoms with E-state index in [1.807, 2.05) is 20.8 Å². The van der Waals surface area contributed by atoms with Crippen molar-refractivity contribution in [1.82, 2.24) is 4.98 Å². The Morgan fingerprint density at radius 1 is 1.19 bits per heavy atom. The van der Waals surface area contributed by atoms with E-state index in [9.17, 15) is 18.0 Å². The first-order valence-electron chi connectivity index (χ1n) is 7.85. The minimum absolute atomic E-state index is 0.0541. The number of hydrogen-bond donors (Lipinski definition) is 1. The molecule has 0 aliphatic rings. The maximum Gasteiger partial charge on any atom is 0.308 e. The number of benzene rings is 1. The number of carbonyl (C=O) groups excluding carboxylic acids is 2. The number of esters is 1. The third-order valence-corrected chi connectivity index (χ3v) is 5.68. The van der Waals surface area contributed by atoms with Gasteiger partial charge in [0.2, 0.25) is 0 Å². The third kappa shape index (κ3) is 5.63. The van der Waals surface area contributed by atoms with E-state index in [-0.39, 0.29) is 20.7 Å². The molecule has 26 heavy (non-hydrogen) atoms. The lowest BCUT2D eigenvalue weighted by atomic mass is 10.0. The van der Waals surface area contributed by atoms with Crippen molar-refractivity contribution in [3.05, 3.63) is 35.0 Å². The second-order valence-corrected chi connectivity index (χ2v) is 8.54. The van der Waals surface area contributed by atoms with Crippen LogP contribution in [0, 0.1) is 13.8 Å². The SMILES string of the molecule is CC.CC(=O)Oc1c(C)cc(C)cc1C(=O)Nc1ncc(S(C)(=O)=O)s1. The number of thiazole rings is 1. The zero-order valence-electron chi connectivity index (χ0n) is 15.5. The van der Waals surface area contributed by atoms with Crippen LogP contribution in [0.3, 0.4) is 0 Å². The number of amides is 1. The molecule has 1 amide bonds. The van der Waals surface area contributed by atoms with Crippen LogP contribution < -0.4 is 10.1 Å². The molecule has 0 fully saturated rings. The summed E-state index contributed by atoms with van der Waals surface area (Å²) in [6, 6.07) is 3.38. The second-order valence-electron chi connectivity index (χ2n) is 5.26. The smallest absolute Gasteiger partial charge is 0.308 e. The van der Waals surface area contributed by atoms with E-state index in [0.717, 1.165) is 23.2 Å². The highest BCUT2D eigenvalue weighted by Gasteiger charge is 2.19. The van der Waals surface area contributed by atoms with Crippen LogP contribution >= 0.6 is 11.3 Å². The van der Waals surface area contributed by atoms with Crippen LogP contribution in [-0.2, 0) is 14.6 Å². The number of aryl methyl sites for hydroxylation is 2. The highest BCUT2D eigenvalue weighted by molar-refractivity contribution is 7.92. The van der Waals surface area contributed by atoms with Gasteiger partial charge in [0, 0.05) is 13.2 Å². The van der Waals surface area contributed by atoms with Gasteiger partial charge in [-0.25, -0.2) is 13.4 Å². The van der Waals surface area contributed by atoms with E-state index in [0.29, 0.717) is 5.56 Å². The second kappa shape index (κ2) is 8.91. The van der Waals surface area contributed by atoms with Crippen molar-refractivity contribution in [3.8, 4) is 5.75 Å². The number of sulfone groups is 1. The molecule has 2 rings (SSSR count). The molecule has 0 radical (unpaired) electrons. The van der Waals surface area contributed by atoms with E-state index >= 15 is 0 Å². The normalized spacial score (nSPS) is 10.5. The van der Waals surface area contributed by atoms with Crippen molar-refractivity contribution in [3.63, 3.8) is 0 Å². The minimum Gasteiger partial charge on any atom is -0.426 e. The van der Waals surface area contributed by atoms with Gasteiger partial charge in [-0.2, -0.15) is 0 Å². The molecular weight excluding hydrogens is 376 g/mol. The Morgan fingerprint density at radius 3 is 2.31 bits per heavy atom. The van der Waals surface area contributed by atoms with Gasteiger partial charge in [0.25, 0.3) is 5.91 Å². The van der Waals surface area contributed by atoms with Crippen molar-refractivity contribution in [1.29, 1.82) is 0 Å². The molecule has 2 aromatic rings. The standard InChI is InChI=1S/C15H16N2O5S2.C2H6/c1-8-5-9(2)13(22-10(3)18)11(6-8)14(19)17-15-16-7-12(23-15)24(4,20)21;1-2/h5-7H,1-4H3,(H,16,17,19);1-2H3. The lowest BCUT2D eigenvalue weighted by Crippen LogP contribution is -2.16. The molecule has 9 heteroatoms. The largest absolute Gasteiger partial charge is 0.426 e. The molecule has 7 nitrogen and oxygen atoms in total. The summed E-state index contributed by atoms with van der Waals surface area (Å²) in [5, 5.41) is 2.68. The average Bonchev–Trinajstić information content (AvgIpc) is 3.00. The predicted molar refractivity (Wildman–Crippen MR) is 102 cm³/mol. The summed E-state index contributed by atoms with van der Waals surface area (Å²) in [6.07, 6.45) is 2.25. The summed E-state index contributed by atoms with van der Waals surface area (Å²) in [5.41, 5.74) is 1.65. The summed E-state index contributed by atoms with van der Waals surface area (Å²) in [7, 11) is -3.38. The number of carbonyl (C=O) groups is 2. The molecule has 0 spiro atoms. The third-order valence-electron chi connectivity index (χ3n) is 2.98. The van der Waals surface area contributed by atoms with Crippen LogP contribution in [0.15, 0.2) is 22.5 Å². The molecular formula is C17H22N2O5S2. The highest BCUT2D eigenvalue weighted by atomic mass is 32.2. The molecule has 0 bridgehead atoms. The maximum absolute atomic E-state index is 12.5. The van der Waals surface area contributed by atoms with Crippen molar-refractivity contribution in [2.45, 2.75) is 38.8 Å². The van der Waals surface area contributed by atoms with Gasteiger partial charge >= 0.3 is 5.97 Å². The summed E-state index contributed by atoms with van der Waals surface area (Å²) in [4.78, 5) is 27.6. The Morgan fingerprint density at radius 2 is 1.81 bits per heavy atom. The molecule has 0 atom stereocenters. The molecule has 1 N–H and O–H groups in total. The molecule has 1 heterocycles. The topological polar surface area (TPSA) is 102 Å². The van der Waals surface area contributed by atoms with E-state index in [2.05, 4.69) is 10.3 Å². The summed E-state index contributed by atoms with van der Waals surface area (Å²) >= 11 is 0.852. The van der Waals surface area contributed by atoms with Gasteiger partial charge in [-0.15, -0.1) is 0 Å². The van der Waals surface area contributed by atoms with E-state index in [4.69, 9.17) is 4.74 Å². The fourth-order valence-corrected chi connectivity index (χ4v) is 3.69. The maximum atomic E-state index is 12.5. The fourth-order valence-electron chi connectivity index (χ4n) is 2.06. The van der Waals surface area contributed by atoms with Gasteiger partial charge in [-0.3, -0.25) is 14.9 Å². The Balaban J connectivity index is 0.00000163. The van der Waals surface area contributed by atoms with Crippen molar-refractivity contribution in [2.75, 3.05) is 11.6 Å². The molecule has 1 aromatic carbocycles. The Bertz CT molecular complexity index is 917. The van der Waals surface area contributed by atoms with Gasteiger partial charge in [-0.1, -0.05) is 31.3 Å². The number of aromatic nitrogens is 1. The van der Waals surface area contributed by atoms with E-state index in [1.165, 1.54) is 13.1 Å². The predicted octanol–water partition coefficient (Wildman–Crippen LogP) is 3.37. The molecule has 0 aliphatic carbocycles. The highest BCUT2D eigenvalue weighted by Crippen LogP contribution is 2.28. The van der Waals surface area contributed by atoms with E-state index < -0.39 is 21.7 Å². The summed E-state index contributed by atoms with van der Waals surface area (Å²) in [6.45, 7) is 8.79. The van der Waals surface area contributed by atoms with Crippen LogP contribution in [0.4, 0.5) is 5.13 Å². The monoisotopic (exact) mass is 398 g/mol. The van der Waals surface area contributed by atoms with Gasteiger partial charge < -0.3 is 4.74 Å². The van der Waals surface area contributed by atoms with Gasteiger partial charge in [0.05, 0.1) is 11.8 Å². The summed E-state index contributed by atoms with van der Waals surface area (Å²) in [5.74, 6) is -0.900. The molecule has 142 valence electrons. The number of rotatable bonds is 4. The quantitative estimate of drug-likeness (QED) is 0.626. The van der Waals surface area contributed by atoms with Crippen LogP contribution in [0.5, 0.6) is 5.75 Å². The number of hydrogen-bond acceptors (Lipinski definition) is 7. The first kappa shape index (κ1) is 21.8. The van der Waals surface area contributed by atoms with Crippen molar-refractivity contribution >= 4 is 38.2 Å². The lowest BCUT2D eigenvalue weighted by Gasteiger charge is -2.12. The number of nitrogens with one attached hydrogen (secondary N) is 1. The number of nitrogens with zero attached hydrogens (tertiary/aromatic N) is 1. The van der Waals surface area contributed by atoms with E-state index in [1.54, 1.807) is 19.1 Å². The number of ether oxygens (including phenoxy) is 1. The zero-order valence-corrected chi connectivity index (χ0v) is 17.2.